The maximum absolute atomic E-state index is 12.2. The zero-order valence-electron chi connectivity index (χ0n) is 16.1. The third kappa shape index (κ3) is 5.90. The summed E-state index contributed by atoms with van der Waals surface area (Å²) in [5, 5.41) is 5.82. The van der Waals surface area contributed by atoms with Gasteiger partial charge in [-0.1, -0.05) is 42.0 Å². The second-order valence-electron chi connectivity index (χ2n) is 6.45. The molecule has 28 heavy (non-hydrogen) atoms. The summed E-state index contributed by atoms with van der Waals surface area (Å²) in [6.07, 6.45) is 0.278. The summed E-state index contributed by atoms with van der Waals surface area (Å²) in [5.41, 5.74) is 4.11. The van der Waals surface area contributed by atoms with Gasteiger partial charge in [-0.25, -0.2) is 4.98 Å². The molecule has 0 bridgehead atoms. The molecule has 0 saturated heterocycles. The molecule has 6 heteroatoms. The van der Waals surface area contributed by atoms with Crippen LogP contribution in [0.1, 0.15) is 16.8 Å². The molecule has 0 radical (unpaired) electrons. The van der Waals surface area contributed by atoms with E-state index in [4.69, 9.17) is 9.47 Å². The monoisotopic (exact) mass is 396 g/mol. The van der Waals surface area contributed by atoms with Crippen LogP contribution in [0.4, 0.5) is 0 Å². The average Bonchev–Trinajstić information content (AvgIpc) is 3.16. The molecule has 3 aromatic rings. The van der Waals surface area contributed by atoms with Gasteiger partial charge in [0.05, 0.1) is 18.7 Å². The van der Waals surface area contributed by atoms with E-state index in [0.29, 0.717) is 19.8 Å². The van der Waals surface area contributed by atoms with Crippen molar-refractivity contribution in [2.45, 2.75) is 19.9 Å². The number of amides is 1. The topological polar surface area (TPSA) is 60.5 Å². The summed E-state index contributed by atoms with van der Waals surface area (Å²) in [7, 11) is 1.64. The number of benzene rings is 2. The van der Waals surface area contributed by atoms with Gasteiger partial charge in [0.15, 0.2) is 0 Å². The number of hydrogen-bond donors (Lipinski definition) is 1. The smallest absolute Gasteiger partial charge is 0.226 e. The predicted molar refractivity (Wildman–Crippen MR) is 112 cm³/mol. The van der Waals surface area contributed by atoms with Gasteiger partial charge < -0.3 is 14.8 Å². The Morgan fingerprint density at radius 1 is 1.07 bits per heavy atom. The first-order valence-corrected chi connectivity index (χ1v) is 10.0. The van der Waals surface area contributed by atoms with Crippen LogP contribution < -0.4 is 10.1 Å². The molecule has 0 aliphatic carbocycles. The zero-order valence-corrected chi connectivity index (χ0v) is 16.9. The number of nitrogens with zero attached hydrogens (tertiary/aromatic N) is 1. The van der Waals surface area contributed by atoms with Gasteiger partial charge in [-0.2, -0.15) is 0 Å². The van der Waals surface area contributed by atoms with E-state index in [1.165, 1.54) is 5.56 Å². The number of thiazole rings is 1. The summed E-state index contributed by atoms with van der Waals surface area (Å²) < 4.78 is 10.5. The molecule has 0 atom stereocenters. The number of rotatable bonds is 9. The second kappa shape index (κ2) is 10.0. The van der Waals surface area contributed by atoms with E-state index in [-0.39, 0.29) is 12.3 Å². The van der Waals surface area contributed by atoms with E-state index in [2.05, 4.69) is 41.5 Å². The van der Waals surface area contributed by atoms with Gasteiger partial charge in [0.2, 0.25) is 5.91 Å². The molecule has 0 unspecified atom stereocenters. The molecule has 0 spiro atoms. The first kappa shape index (κ1) is 20.0. The Morgan fingerprint density at radius 3 is 2.54 bits per heavy atom. The minimum absolute atomic E-state index is 0.0406. The summed E-state index contributed by atoms with van der Waals surface area (Å²) >= 11 is 1.56. The van der Waals surface area contributed by atoms with Crippen molar-refractivity contribution in [2.75, 3.05) is 20.3 Å². The molecule has 1 aromatic heterocycles. The average molecular weight is 397 g/mol. The van der Waals surface area contributed by atoms with Crippen molar-refractivity contribution in [1.82, 2.24) is 10.3 Å². The van der Waals surface area contributed by atoms with Crippen molar-refractivity contribution >= 4 is 17.2 Å². The highest BCUT2D eigenvalue weighted by Crippen LogP contribution is 2.24. The first-order chi connectivity index (χ1) is 13.6. The number of carbonyl (C=O) groups is 1. The fraction of sp³-hybridized carbons (Fsp3) is 0.273. The van der Waals surface area contributed by atoms with Crippen molar-refractivity contribution < 1.29 is 14.3 Å². The Morgan fingerprint density at radius 2 is 1.82 bits per heavy atom. The van der Waals surface area contributed by atoms with Crippen LogP contribution >= 0.6 is 11.3 Å². The maximum Gasteiger partial charge on any atom is 0.226 e. The van der Waals surface area contributed by atoms with Crippen LogP contribution in [-0.2, 0) is 22.5 Å². The fourth-order valence-electron chi connectivity index (χ4n) is 2.59. The van der Waals surface area contributed by atoms with Crippen LogP contribution in [0, 0.1) is 6.92 Å². The lowest BCUT2D eigenvalue weighted by Crippen LogP contribution is -2.24. The van der Waals surface area contributed by atoms with E-state index < -0.39 is 0 Å². The number of hydrogen-bond acceptors (Lipinski definition) is 5. The highest BCUT2D eigenvalue weighted by molar-refractivity contribution is 7.13. The highest BCUT2D eigenvalue weighted by Gasteiger charge is 2.09. The zero-order chi connectivity index (χ0) is 19.8. The van der Waals surface area contributed by atoms with Crippen LogP contribution in [0.5, 0.6) is 5.75 Å². The van der Waals surface area contributed by atoms with Crippen LogP contribution in [-0.4, -0.2) is 31.2 Å². The van der Waals surface area contributed by atoms with Gasteiger partial charge in [0.25, 0.3) is 0 Å². The summed E-state index contributed by atoms with van der Waals surface area (Å²) in [6, 6.07) is 15.9. The van der Waals surface area contributed by atoms with E-state index in [9.17, 15) is 4.79 Å². The summed E-state index contributed by atoms with van der Waals surface area (Å²) in [4.78, 5) is 16.8. The van der Waals surface area contributed by atoms with Crippen molar-refractivity contribution in [3.05, 3.63) is 70.7 Å². The maximum atomic E-state index is 12.2. The number of aryl methyl sites for hydroxylation is 1. The van der Waals surface area contributed by atoms with Gasteiger partial charge in [-0.15, -0.1) is 11.3 Å². The third-order valence-electron chi connectivity index (χ3n) is 4.16. The molecule has 1 N–H and O–H groups in total. The van der Waals surface area contributed by atoms with E-state index in [0.717, 1.165) is 27.6 Å². The summed E-state index contributed by atoms with van der Waals surface area (Å²) in [5.74, 6) is 0.749. The molecular weight excluding hydrogens is 372 g/mol. The van der Waals surface area contributed by atoms with Crippen LogP contribution in [0.15, 0.2) is 53.9 Å². The van der Waals surface area contributed by atoms with Gasteiger partial charge in [-0.05, 0) is 24.6 Å². The Kier molecular flexibility index (Phi) is 7.17. The SMILES string of the molecule is COCCOc1ccc(CNC(=O)Cc2csc(-c3ccc(C)cc3)n2)cc1. The molecule has 0 aliphatic heterocycles. The molecular formula is C22H24N2O3S. The molecule has 5 nitrogen and oxygen atoms in total. The van der Waals surface area contributed by atoms with Gasteiger partial charge in [0, 0.05) is 24.6 Å². The molecule has 0 saturated carbocycles. The van der Waals surface area contributed by atoms with Crippen molar-refractivity contribution in [1.29, 1.82) is 0 Å². The number of nitrogens with one attached hydrogen (secondary N) is 1. The minimum atomic E-state index is -0.0406. The van der Waals surface area contributed by atoms with E-state index in [1.54, 1.807) is 18.4 Å². The third-order valence-corrected chi connectivity index (χ3v) is 5.10. The lowest BCUT2D eigenvalue weighted by Gasteiger charge is -2.07. The Balaban J connectivity index is 1.47. The van der Waals surface area contributed by atoms with Crippen molar-refractivity contribution in [3.63, 3.8) is 0 Å². The van der Waals surface area contributed by atoms with E-state index >= 15 is 0 Å². The molecule has 0 aliphatic rings. The lowest BCUT2D eigenvalue weighted by atomic mass is 10.2. The fourth-order valence-corrected chi connectivity index (χ4v) is 3.42. The predicted octanol–water partition coefficient (Wildman–Crippen LogP) is 4.00. The normalized spacial score (nSPS) is 10.6. The van der Waals surface area contributed by atoms with Crippen LogP contribution in [0.2, 0.25) is 0 Å². The molecule has 146 valence electrons. The minimum Gasteiger partial charge on any atom is -0.491 e. The van der Waals surface area contributed by atoms with E-state index in [1.807, 2.05) is 29.6 Å². The van der Waals surface area contributed by atoms with Gasteiger partial charge in [-0.3, -0.25) is 4.79 Å². The Hall–Kier alpha value is -2.70. The van der Waals surface area contributed by atoms with Crippen LogP contribution in [0.25, 0.3) is 10.6 Å². The van der Waals surface area contributed by atoms with Crippen LogP contribution in [0.3, 0.4) is 0 Å². The van der Waals surface area contributed by atoms with Crippen molar-refractivity contribution in [2.24, 2.45) is 0 Å². The number of methoxy groups -OCH3 is 1. The lowest BCUT2D eigenvalue weighted by molar-refractivity contribution is -0.120. The molecule has 3 rings (SSSR count). The number of aromatic nitrogens is 1. The number of ether oxygens (including phenoxy) is 2. The van der Waals surface area contributed by atoms with Gasteiger partial charge >= 0.3 is 0 Å². The van der Waals surface area contributed by atoms with Crippen molar-refractivity contribution in [3.8, 4) is 16.3 Å². The molecule has 0 fully saturated rings. The summed E-state index contributed by atoms with van der Waals surface area (Å²) in [6.45, 7) is 3.61. The Bertz CT molecular complexity index is 889. The molecule has 1 amide bonds. The van der Waals surface area contributed by atoms with Gasteiger partial charge in [0.1, 0.15) is 17.4 Å². The highest BCUT2D eigenvalue weighted by atomic mass is 32.1. The largest absolute Gasteiger partial charge is 0.491 e. The second-order valence-corrected chi connectivity index (χ2v) is 7.31. The molecule has 1 heterocycles. The number of carbonyl (C=O) groups excluding carboxylic acids is 1. The quantitative estimate of drug-likeness (QED) is 0.556. The molecule has 2 aromatic carbocycles. The first-order valence-electron chi connectivity index (χ1n) is 9.13. The standard InChI is InChI=1S/C22H24N2O3S/c1-16-3-7-18(8-4-16)22-24-19(15-28-22)13-21(25)23-14-17-5-9-20(10-6-17)27-12-11-26-2/h3-10,15H,11-14H2,1-2H3,(H,23,25). The Labute approximate surface area is 169 Å².